The van der Waals surface area contributed by atoms with Gasteiger partial charge in [0.1, 0.15) is 5.82 Å². The first kappa shape index (κ1) is 25.2. The highest BCUT2D eigenvalue weighted by Crippen LogP contribution is 2.28. The van der Waals surface area contributed by atoms with Crippen LogP contribution in [-0.4, -0.2) is 72.5 Å². The Hall–Kier alpha value is -1.79. The van der Waals surface area contributed by atoms with E-state index < -0.39 is 11.7 Å². The zero-order valence-electron chi connectivity index (χ0n) is 16.6. The number of nitrogens with zero attached hydrogens (tertiary/aromatic N) is 4. The Bertz CT molecular complexity index is 661. The van der Waals surface area contributed by atoms with Gasteiger partial charge >= 0.3 is 6.18 Å². The minimum Gasteiger partial charge on any atom is -0.370 e. The first-order valence-corrected chi connectivity index (χ1v) is 9.37. The van der Waals surface area contributed by atoms with Gasteiger partial charge in [0, 0.05) is 58.9 Å². The SMILES string of the molecule is CCNC(=NCCCNc1ccc(C(F)(F)F)cn1)N1CCN(C(C)=O)CC1.I. The number of alkyl halides is 3. The predicted molar refractivity (Wildman–Crippen MR) is 118 cm³/mol. The van der Waals surface area contributed by atoms with E-state index in [-0.39, 0.29) is 29.9 Å². The van der Waals surface area contributed by atoms with Crippen LogP contribution in [0.15, 0.2) is 23.3 Å². The largest absolute Gasteiger partial charge is 0.417 e. The Morgan fingerprint density at radius 1 is 1.21 bits per heavy atom. The van der Waals surface area contributed by atoms with Gasteiger partial charge in [0.05, 0.1) is 5.56 Å². The molecule has 29 heavy (non-hydrogen) atoms. The molecule has 0 radical (unpaired) electrons. The highest BCUT2D eigenvalue weighted by Gasteiger charge is 2.30. The third kappa shape index (κ3) is 8.23. The van der Waals surface area contributed by atoms with E-state index in [4.69, 9.17) is 0 Å². The molecule has 11 heteroatoms. The van der Waals surface area contributed by atoms with E-state index in [2.05, 4.69) is 25.5 Å². The maximum atomic E-state index is 12.5. The summed E-state index contributed by atoms with van der Waals surface area (Å²) in [5.41, 5.74) is -0.761. The van der Waals surface area contributed by atoms with Crippen molar-refractivity contribution in [1.29, 1.82) is 0 Å². The number of aliphatic imine (C=N–C) groups is 1. The Balaban J connectivity index is 0.00000420. The van der Waals surface area contributed by atoms with Crippen LogP contribution in [0.25, 0.3) is 0 Å². The van der Waals surface area contributed by atoms with Gasteiger partial charge in [-0.3, -0.25) is 9.79 Å². The van der Waals surface area contributed by atoms with Crippen LogP contribution in [-0.2, 0) is 11.0 Å². The normalized spacial score (nSPS) is 15.0. The summed E-state index contributed by atoms with van der Waals surface area (Å²) >= 11 is 0. The highest BCUT2D eigenvalue weighted by molar-refractivity contribution is 14.0. The molecule has 0 unspecified atom stereocenters. The minimum absolute atomic E-state index is 0. The Morgan fingerprint density at radius 3 is 2.38 bits per heavy atom. The quantitative estimate of drug-likeness (QED) is 0.257. The molecule has 1 aliphatic heterocycles. The minimum atomic E-state index is -4.38. The molecule has 0 bridgehead atoms. The molecule has 2 rings (SSSR count). The standard InChI is InChI=1S/C18H27F3N6O.HI/c1-3-22-17(27-11-9-26(10-12-27)14(2)28)24-8-4-7-23-16-6-5-15(13-25-16)18(19,20)21;/h5-6,13H,3-4,7-12H2,1-2H3,(H,22,24)(H,23,25);1H. The van der Waals surface area contributed by atoms with Gasteiger partial charge < -0.3 is 20.4 Å². The molecule has 2 N–H and O–H groups in total. The molecule has 1 aromatic heterocycles. The summed E-state index contributed by atoms with van der Waals surface area (Å²) < 4.78 is 37.6. The number of guanidine groups is 1. The second-order valence-corrected chi connectivity index (χ2v) is 6.44. The van der Waals surface area contributed by atoms with Crippen LogP contribution in [0.4, 0.5) is 19.0 Å². The van der Waals surface area contributed by atoms with Crippen molar-refractivity contribution in [2.45, 2.75) is 26.4 Å². The van der Waals surface area contributed by atoms with E-state index in [1.807, 2.05) is 11.8 Å². The van der Waals surface area contributed by atoms with Crippen LogP contribution in [0.2, 0.25) is 0 Å². The number of piperazine rings is 1. The lowest BCUT2D eigenvalue weighted by atomic mass is 10.3. The number of anilines is 1. The molecule has 0 spiro atoms. The van der Waals surface area contributed by atoms with Crippen molar-refractivity contribution in [2.24, 2.45) is 4.99 Å². The van der Waals surface area contributed by atoms with Crippen LogP contribution >= 0.6 is 24.0 Å². The van der Waals surface area contributed by atoms with Crippen molar-refractivity contribution in [3.05, 3.63) is 23.9 Å². The Kier molecular flexibility index (Phi) is 10.5. The van der Waals surface area contributed by atoms with Crippen LogP contribution in [0, 0.1) is 0 Å². The van der Waals surface area contributed by atoms with Crippen molar-refractivity contribution in [1.82, 2.24) is 20.1 Å². The lowest BCUT2D eigenvalue weighted by Crippen LogP contribution is -2.53. The molecule has 0 aromatic carbocycles. The molecule has 7 nitrogen and oxygen atoms in total. The first-order chi connectivity index (χ1) is 13.3. The van der Waals surface area contributed by atoms with Gasteiger partial charge in [-0.2, -0.15) is 13.2 Å². The summed E-state index contributed by atoms with van der Waals surface area (Å²) in [6.45, 7) is 8.29. The number of rotatable bonds is 6. The van der Waals surface area contributed by atoms with E-state index >= 15 is 0 Å². The Morgan fingerprint density at radius 2 is 1.86 bits per heavy atom. The number of pyridine rings is 1. The molecule has 1 aromatic rings. The molecule has 1 amide bonds. The second-order valence-electron chi connectivity index (χ2n) is 6.44. The third-order valence-corrected chi connectivity index (χ3v) is 4.35. The number of nitrogens with one attached hydrogen (secondary N) is 2. The summed E-state index contributed by atoms with van der Waals surface area (Å²) in [5, 5.41) is 6.26. The number of carbonyl (C=O) groups excluding carboxylic acids is 1. The average Bonchev–Trinajstić information content (AvgIpc) is 2.66. The van der Waals surface area contributed by atoms with Crippen molar-refractivity contribution in [3.63, 3.8) is 0 Å². The second kappa shape index (κ2) is 12.0. The molecule has 0 saturated carbocycles. The lowest BCUT2D eigenvalue weighted by molar-refractivity contribution is -0.137. The number of halogens is 4. The van der Waals surface area contributed by atoms with Crippen molar-refractivity contribution in [2.75, 3.05) is 51.1 Å². The van der Waals surface area contributed by atoms with E-state index in [1.165, 1.54) is 6.07 Å². The van der Waals surface area contributed by atoms with E-state index in [0.29, 0.717) is 38.4 Å². The Labute approximate surface area is 186 Å². The molecule has 0 aliphatic carbocycles. The number of aromatic nitrogens is 1. The van der Waals surface area contributed by atoms with Crippen LogP contribution < -0.4 is 10.6 Å². The fourth-order valence-electron chi connectivity index (χ4n) is 2.81. The van der Waals surface area contributed by atoms with Gasteiger partial charge in [-0.15, -0.1) is 24.0 Å². The fraction of sp³-hybridized carbons (Fsp3) is 0.611. The van der Waals surface area contributed by atoms with Gasteiger partial charge in [-0.25, -0.2) is 4.98 Å². The van der Waals surface area contributed by atoms with Crippen molar-refractivity contribution < 1.29 is 18.0 Å². The van der Waals surface area contributed by atoms with Gasteiger partial charge in [0.25, 0.3) is 0 Å². The van der Waals surface area contributed by atoms with Gasteiger partial charge in [-0.1, -0.05) is 0 Å². The zero-order valence-corrected chi connectivity index (χ0v) is 19.0. The number of carbonyl (C=O) groups is 1. The van der Waals surface area contributed by atoms with Crippen molar-refractivity contribution >= 4 is 41.7 Å². The summed E-state index contributed by atoms with van der Waals surface area (Å²) in [4.78, 5) is 23.8. The van der Waals surface area contributed by atoms with Crippen molar-refractivity contribution in [3.8, 4) is 0 Å². The van der Waals surface area contributed by atoms with Crippen LogP contribution in [0.1, 0.15) is 25.8 Å². The van der Waals surface area contributed by atoms with E-state index in [0.717, 1.165) is 37.9 Å². The fourth-order valence-corrected chi connectivity index (χ4v) is 2.81. The molecule has 1 saturated heterocycles. The summed E-state index contributed by atoms with van der Waals surface area (Å²) in [5.74, 6) is 1.31. The van der Waals surface area contributed by atoms with Gasteiger partial charge in [0.15, 0.2) is 5.96 Å². The summed E-state index contributed by atoms with van der Waals surface area (Å²) in [7, 11) is 0. The lowest BCUT2D eigenvalue weighted by Gasteiger charge is -2.36. The first-order valence-electron chi connectivity index (χ1n) is 9.37. The smallest absolute Gasteiger partial charge is 0.370 e. The highest BCUT2D eigenvalue weighted by atomic mass is 127. The van der Waals surface area contributed by atoms with Crippen LogP contribution in [0.3, 0.4) is 0 Å². The topological polar surface area (TPSA) is 72.9 Å². The number of hydrogen-bond acceptors (Lipinski definition) is 4. The molecular formula is C18H28F3IN6O. The summed E-state index contributed by atoms with van der Waals surface area (Å²) in [6.07, 6.45) is -2.84. The molecule has 1 aliphatic rings. The molecular weight excluding hydrogens is 500 g/mol. The van der Waals surface area contributed by atoms with Gasteiger partial charge in [-0.05, 0) is 25.5 Å². The predicted octanol–water partition coefficient (Wildman–Crippen LogP) is 2.65. The number of amides is 1. The number of hydrogen-bond donors (Lipinski definition) is 2. The molecule has 1 fully saturated rings. The summed E-state index contributed by atoms with van der Waals surface area (Å²) in [6, 6.07) is 2.34. The molecule has 164 valence electrons. The van der Waals surface area contributed by atoms with Gasteiger partial charge in [0.2, 0.25) is 5.91 Å². The third-order valence-electron chi connectivity index (χ3n) is 4.35. The average molecular weight is 528 g/mol. The maximum absolute atomic E-state index is 12.5. The maximum Gasteiger partial charge on any atom is 0.417 e. The monoisotopic (exact) mass is 528 g/mol. The van der Waals surface area contributed by atoms with E-state index in [1.54, 1.807) is 6.92 Å². The van der Waals surface area contributed by atoms with E-state index in [9.17, 15) is 18.0 Å². The zero-order chi connectivity index (χ0) is 20.6. The van der Waals surface area contributed by atoms with Crippen LogP contribution in [0.5, 0.6) is 0 Å². The molecule has 2 heterocycles. The molecule has 0 atom stereocenters.